The molecule has 0 aromatic heterocycles. The molecular weight excluding hydrogens is 264 g/mol. The van der Waals surface area contributed by atoms with E-state index in [0.29, 0.717) is 5.41 Å². The molecule has 0 saturated heterocycles. The zero-order valence-corrected chi connectivity index (χ0v) is 13.5. The van der Waals surface area contributed by atoms with E-state index in [0.717, 1.165) is 22.8 Å². The summed E-state index contributed by atoms with van der Waals surface area (Å²) in [6, 6.07) is 4.35. The fourth-order valence-electron chi connectivity index (χ4n) is 5.83. The van der Waals surface area contributed by atoms with Gasteiger partial charge in [0.1, 0.15) is 0 Å². The fourth-order valence-corrected chi connectivity index (χ4v) is 6.15. The SMILES string of the molecule is Cc1ccc(Cl)c2c1CC[C@@H]1[C@@H]2CC[C@]2(C)CCC[C@@H]12. The first-order valence-corrected chi connectivity index (χ1v) is 8.76. The van der Waals surface area contributed by atoms with Gasteiger partial charge in [0.05, 0.1) is 0 Å². The molecule has 0 amide bonds. The zero-order valence-electron chi connectivity index (χ0n) is 12.7. The topological polar surface area (TPSA) is 0 Å². The highest BCUT2D eigenvalue weighted by Crippen LogP contribution is 2.61. The van der Waals surface area contributed by atoms with E-state index in [4.69, 9.17) is 11.6 Å². The van der Waals surface area contributed by atoms with E-state index < -0.39 is 0 Å². The van der Waals surface area contributed by atoms with Crippen molar-refractivity contribution in [1.82, 2.24) is 0 Å². The van der Waals surface area contributed by atoms with Gasteiger partial charge in [-0.15, -0.1) is 0 Å². The predicted molar refractivity (Wildman–Crippen MR) is 85.4 cm³/mol. The molecular formula is C19H25Cl. The molecule has 0 heterocycles. The summed E-state index contributed by atoms with van der Waals surface area (Å²) in [7, 11) is 0. The maximum atomic E-state index is 6.61. The smallest absolute Gasteiger partial charge is 0.0443 e. The van der Waals surface area contributed by atoms with Gasteiger partial charge in [-0.3, -0.25) is 0 Å². The predicted octanol–water partition coefficient (Wildman–Crippen LogP) is 5.89. The van der Waals surface area contributed by atoms with Crippen molar-refractivity contribution in [3.05, 3.63) is 33.8 Å². The van der Waals surface area contributed by atoms with Crippen LogP contribution in [0.1, 0.15) is 68.1 Å². The van der Waals surface area contributed by atoms with Gasteiger partial charge in [-0.2, -0.15) is 0 Å². The Bertz CT molecular complexity index is 547. The van der Waals surface area contributed by atoms with Crippen LogP contribution in [0.3, 0.4) is 0 Å². The van der Waals surface area contributed by atoms with E-state index in [1.54, 1.807) is 5.56 Å². The summed E-state index contributed by atoms with van der Waals surface area (Å²) in [5, 5.41) is 1.04. The monoisotopic (exact) mass is 288 g/mol. The number of halogens is 1. The molecule has 0 aliphatic heterocycles. The van der Waals surface area contributed by atoms with Crippen molar-refractivity contribution in [3.8, 4) is 0 Å². The first kappa shape index (κ1) is 13.2. The van der Waals surface area contributed by atoms with Crippen LogP contribution in [0.2, 0.25) is 5.02 Å². The first-order chi connectivity index (χ1) is 9.60. The van der Waals surface area contributed by atoms with Gasteiger partial charge in [-0.1, -0.05) is 31.0 Å². The zero-order chi connectivity index (χ0) is 13.9. The van der Waals surface area contributed by atoms with Gasteiger partial charge in [0.15, 0.2) is 0 Å². The van der Waals surface area contributed by atoms with Crippen LogP contribution in [0, 0.1) is 24.2 Å². The van der Waals surface area contributed by atoms with Crippen molar-refractivity contribution in [2.45, 2.75) is 64.7 Å². The summed E-state index contributed by atoms with van der Waals surface area (Å²) in [6.45, 7) is 4.83. The van der Waals surface area contributed by atoms with Gasteiger partial charge >= 0.3 is 0 Å². The van der Waals surface area contributed by atoms with E-state index in [1.807, 2.05) is 0 Å². The summed E-state index contributed by atoms with van der Waals surface area (Å²) in [5.74, 6) is 2.62. The van der Waals surface area contributed by atoms with Crippen LogP contribution in [0.4, 0.5) is 0 Å². The number of hydrogen-bond acceptors (Lipinski definition) is 0. The lowest BCUT2D eigenvalue weighted by Crippen LogP contribution is -2.39. The second kappa shape index (κ2) is 4.50. The third-order valence-corrected chi connectivity index (χ3v) is 7.18. The molecule has 3 aliphatic carbocycles. The van der Waals surface area contributed by atoms with Gasteiger partial charge in [0.25, 0.3) is 0 Å². The highest BCUT2D eigenvalue weighted by atomic mass is 35.5. The summed E-state index contributed by atoms with van der Waals surface area (Å²) in [5.41, 5.74) is 5.23. The second-order valence-electron chi connectivity index (χ2n) is 7.76. The Labute approximate surface area is 127 Å². The van der Waals surface area contributed by atoms with Crippen molar-refractivity contribution < 1.29 is 0 Å². The molecule has 4 atom stereocenters. The summed E-state index contributed by atoms with van der Waals surface area (Å²) < 4.78 is 0. The Hall–Kier alpha value is -0.490. The second-order valence-corrected chi connectivity index (χ2v) is 8.16. The number of aryl methyl sites for hydroxylation is 1. The number of fused-ring (bicyclic) bond motifs is 5. The van der Waals surface area contributed by atoms with Crippen molar-refractivity contribution in [2.75, 3.05) is 0 Å². The molecule has 0 bridgehead atoms. The van der Waals surface area contributed by atoms with Gasteiger partial charge in [-0.05, 0) is 91.4 Å². The number of rotatable bonds is 0. The Morgan fingerprint density at radius 2 is 2.00 bits per heavy atom. The molecule has 1 heteroatoms. The Morgan fingerprint density at radius 3 is 2.85 bits per heavy atom. The molecule has 0 nitrogen and oxygen atoms in total. The normalized spacial score (nSPS) is 39.0. The van der Waals surface area contributed by atoms with Crippen LogP contribution in [-0.2, 0) is 6.42 Å². The number of hydrogen-bond donors (Lipinski definition) is 0. The highest BCUT2D eigenvalue weighted by molar-refractivity contribution is 6.31. The Kier molecular flexibility index (Phi) is 2.97. The van der Waals surface area contributed by atoms with Crippen molar-refractivity contribution in [3.63, 3.8) is 0 Å². The minimum absolute atomic E-state index is 0.648. The van der Waals surface area contributed by atoms with Crippen molar-refractivity contribution >= 4 is 11.6 Å². The largest absolute Gasteiger partial charge is 0.0840 e. The van der Waals surface area contributed by atoms with E-state index in [-0.39, 0.29) is 0 Å². The fraction of sp³-hybridized carbons (Fsp3) is 0.684. The average Bonchev–Trinajstić information content (AvgIpc) is 2.84. The number of benzene rings is 1. The summed E-state index contributed by atoms with van der Waals surface area (Å²) in [4.78, 5) is 0. The van der Waals surface area contributed by atoms with Crippen LogP contribution in [-0.4, -0.2) is 0 Å². The minimum atomic E-state index is 0.648. The van der Waals surface area contributed by atoms with Crippen LogP contribution in [0.5, 0.6) is 0 Å². The van der Waals surface area contributed by atoms with E-state index in [1.165, 1.54) is 56.1 Å². The molecule has 2 fully saturated rings. The van der Waals surface area contributed by atoms with Gasteiger partial charge in [-0.25, -0.2) is 0 Å². The lowest BCUT2D eigenvalue weighted by Gasteiger charge is -2.49. The molecule has 0 spiro atoms. The van der Waals surface area contributed by atoms with Crippen molar-refractivity contribution in [1.29, 1.82) is 0 Å². The van der Waals surface area contributed by atoms with Crippen LogP contribution >= 0.6 is 11.6 Å². The van der Waals surface area contributed by atoms with Gasteiger partial charge in [0, 0.05) is 5.02 Å². The highest BCUT2D eigenvalue weighted by Gasteiger charge is 2.50. The lowest BCUT2D eigenvalue weighted by molar-refractivity contribution is 0.0598. The van der Waals surface area contributed by atoms with E-state index >= 15 is 0 Å². The molecule has 20 heavy (non-hydrogen) atoms. The Balaban J connectivity index is 1.78. The lowest BCUT2D eigenvalue weighted by atomic mass is 9.55. The molecule has 0 N–H and O–H groups in total. The molecule has 1 aromatic carbocycles. The van der Waals surface area contributed by atoms with Gasteiger partial charge < -0.3 is 0 Å². The molecule has 3 aliphatic rings. The third kappa shape index (κ3) is 1.73. The molecule has 4 rings (SSSR count). The molecule has 0 unspecified atom stereocenters. The van der Waals surface area contributed by atoms with E-state index in [2.05, 4.69) is 26.0 Å². The van der Waals surface area contributed by atoms with Crippen molar-refractivity contribution in [2.24, 2.45) is 17.3 Å². The molecule has 108 valence electrons. The maximum absolute atomic E-state index is 6.61. The standard InChI is InChI=1S/C19H25Cl/c1-12-5-8-17(20)18-13(12)6-7-14-15(18)9-11-19(2)10-3-4-16(14)19/h5,8,14-16H,3-4,6-7,9-11H2,1-2H3/t14-,15+,16+,19+/m1/s1. The summed E-state index contributed by atoms with van der Waals surface area (Å²) in [6.07, 6.45) is 9.84. The van der Waals surface area contributed by atoms with E-state index in [9.17, 15) is 0 Å². The Morgan fingerprint density at radius 1 is 1.15 bits per heavy atom. The van der Waals surface area contributed by atoms with Gasteiger partial charge in [0.2, 0.25) is 0 Å². The van der Waals surface area contributed by atoms with Crippen LogP contribution < -0.4 is 0 Å². The quantitative estimate of drug-likeness (QED) is 0.558. The molecule has 0 radical (unpaired) electrons. The van der Waals surface area contributed by atoms with Crippen LogP contribution in [0.25, 0.3) is 0 Å². The molecule has 2 saturated carbocycles. The molecule has 1 aromatic rings. The summed E-state index contributed by atoms with van der Waals surface area (Å²) >= 11 is 6.61. The first-order valence-electron chi connectivity index (χ1n) is 8.38. The maximum Gasteiger partial charge on any atom is 0.0443 e. The minimum Gasteiger partial charge on any atom is -0.0840 e. The average molecular weight is 289 g/mol. The van der Waals surface area contributed by atoms with Crippen LogP contribution in [0.15, 0.2) is 12.1 Å². The third-order valence-electron chi connectivity index (χ3n) is 6.85.